The fraction of sp³-hybridized carbons (Fsp3) is 0.472. The van der Waals surface area contributed by atoms with E-state index >= 15 is 0 Å². The Bertz CT molecular complexity index is 2460. The number of imidazole rings is 2. The second-order valence-electron chi connectivity index (χ2n) is 20.4. The van der Waals surface area contributed by atoms with Crippen molar-refractivity contribution in [1.29, 1.82) is 0 Å². The molecule has 3 fully saturated rings. The number of likely N-dealkylation sites (tertiary alicyclic amines) is 2. The first-order valence-corrected chi connectivity index (χ1v) is 24.0. The van der Waals surface area contributed by atoms with Crippen molar-refractivity contribution in [3.8, 4) is 22.5 Å². The van der Waals surface area contributed by atoms with Crippen molar-refractivity contribution in [3.05, 3.63) is 114 Å². The highest BCUT2D eigenvalue weighted by Crippen LogP contribution is 2.45. The summed E-state index contributed by atoms with van der Waals surface area (Å²) < 4.78 is 9.67. The molecule has 15 heteroatoms. The number of hydrogen-bond donors (Lipinski definition) is 4. The average molecular weight is 926 g/mol. The Morgan fingerprint density at radius 3 is 1.51 bits per heavy atom. The summed E-state index contributed by atoms with van der Waals surface area (Å²) in [5.74, 6) is 0.881. The zero-order chi connectivity index (χ0) is 48.5. The molecule has 3 aliphatic rings. The van der Waals surface area contributed by atoms with E-state index in [2.05, 4.69) is 119 Å². The number of amides is 4. The maximum atomic E-state index is 13.9. The van der Waals surface area contributed by atoms with Crippen LogP contribution >= 0.6 is 0 Å². The summed E-state index contributed by atoms with van der Waals surface area (Å²) in [5.41, 5.74) is 8.17. The highest BCUT2D eigenvalue weighted by Gasteiger charge is 2.47. The lowest BCUT2D eigenvalue weighted by molar-refractivity contribution is -0.136. The third-order valence-electron chi connectivity index (χ3n) is 14.1. The molecule has 4 N–H and O–H groups in total. The van der Waals surface area contributed by atoms with Crippen molar-refractivity contribution in [1.82, 2.24) is 40.4 Å². The molecular formula is C53H67N9O6. The zero-order valence-corrected chi connectivity index (χ0v) is 40.9. The van der Waals surface area contributed by atoms with Gasteiger partial charge in [-0.05, 0) is 95.0 Å². The SMILES string of the molecule is COC(=O)N[C@H](C(=O)N1CCC[C@H]1c1ncc(-c2cccc(C3(c4cccc(-c5cnc([C@@H]6CCCN6C(=O)[C@@H](NC(=O)OC)C(C)C)[nH]5)c4)CN(c4ccc(C(C)(C)C)cc4)C3)c2)[nH]1)C(C)C. The lowest BCUT2D eigenvalue weighted by Crippen LogP contribution is -2.60. The Kier molecular flexibility index (Phi) is 13.7. The van der Waals surface area contributed by atoms with Gasteiger partial charge in [-0.3, -0.25) is 9.59 Å². The zero-order valence-electron chi connectivity index (χ0n) is 40.9. The summed E-state index contributed by atoms with van der Waals surface area (Å²) in [4.78, 5) is 75.1. The summed E-state index contributed by atoms with van der Waals surface area (Å²) in [5, 5.41) is 5.47. The van der Waals surface area contributed by atoms with E-state index in [9.17, 15) is 19.2 Å². The Morgan fingerprint density at radius 2 is 1.12 bits per heavy atom. The van der Waals surface area contributed by atoms with E-state index in [4.69, 9.17) is 19.4 Å². The van der Waals surface area contributed by atoms with Crippen molar-refractivity contribution in [3.63, 3.8) is 0 Å². The number of benzene rings is 3. The summed E-state index contributed by atoms with van der Waals surface area (Å²) in [6, 6.07) is 24.3. The Labute approximate surface area is 399 Å². The molecule has 3 aromatic carbocycles. The van der Waals surface area contributed by atoms with Gasteiger partial charge in [-0.25, -0.2) is 19.6 Å². The van der Waals surface area contributed by atoms with Crippen molar-refractivity contribution < 1.29 is 28.7 Å². The van der Waals surface area contributed by atoms with E-state index in [0.717, 1.165) is 72.9 Å². The van der Waals surface area contributed by atoms with Crippen LogP contribution in [-0.4, -0.2) is 106 Å². The first kappa shape index (κ1) is 47.8. The van der Waals surface area contributed by atoms with E-state index in [1.54, 1.807) is 0 Å². The van der Waals surface area contributed by atoms with Crippen LogP contribution in [0.4, 0.5) is 15.3 Å². The van der Waals surface area contributed by atoms with E-state index in [-0.39, 0.29) is 46.6 Å². The normalized spacial score (nSPS) is 18.9. The number of aromatic amines is 2. The number of carbonyl (C=O) groups is 4. The molecule has 0 spiro atoms. The predicted octanol–water partition coefficient (Wildman–Crippen LogP) is 8.66. The second kappa shape index (κ2) is 19.5. The topological polar surface area (TPSA) is 178 Å². The van der Waals surface area contributed by atoms with Crippen molar-refractivity contribution in [2.75, 3.05) is 45.3 Å². The van der Waals surface area contributed by atoms with Gasteiger partial charge in [0.25, 0.3) is 0 Å². The van der Waals surface area contributed by atoms with Gasteiger partial charge in [0.15, 0.2) is 0 Å². The largest absolute Gasteiger partial charge is 0.453 e. The molecule has 15 nitrogen and oxygen atoms in total. The number of methoxy groups -OCH3 is 2. The minimum Gasteiger partial charge on any atom is -0.453 e. The molecule has 2 aromatic heterocycles. The van der Waals surface area contributed by atoms with Crippen LogP contribution in [0.5, 0.6) is 0 Å². The first-order chi connectivity index (χ1) is 32.5. The Balaban J connectivity index is 1.09. The Hall–Kier alpha value is -6.64. The third kappa shape index (κ3) is 9.57. The highest BCUT2D eigenvalue weighted by atomic mass is 16.5. The maximum Gasteiger partial charge on any atom is 0.407 e. The van der Waals surface area contributed by atoms with Gasteiger partial charge in [-0.15, -0.1) is 0 Å². The molecule has 3 saturated heterocycles. The van der Waals surface area contributed by atoms with Gasteiger partial charge in [0.05, 0.1) is 55.5 Å². The van der Waals surface area contributed by atoms with Gasteiger partial charge in [0.1, 0.15) is 23.7 Å². The molecular weight excluding hydrogens is 859 g/mol. The van der Waals surface area contributed by atoms with Crippen LogP contribution in [0.3, 0.4) is 0 Å². The number of H-pyrrole nitrogens is 2. The number of ether oxygens (including phenoxy) is 2. The predicted molar refractivity (Wildman–Crippen MR) is 262 cm³/mol. The molecule has 0 bridgehead atoms. The number of carbonyl (C=O) groups excluding carboxylic acids is 4. The number of rotatable bonds is 13. The van der Waals surface area contributed by atoms with E-state index in [1.165, 1.54) is 36.6 Å². The highest BCUT2D eigenvalue weighted by molar-refractivity contribution is 5.87. The number of hydrogen-bond acceptors (Lipinski definition) is 9. The van der Waals surface area contributed by atoms with Gasteiger partial charge in [0, 0.05) is 31.9 Å². The minimum atomic E-state index is -0.716. The van der Waals surface area contributed by atoms with Gasteiger partial charge < -0.3 is 44.8 Å². The minimum absolute atomic E-state index is 0.0464. The van der Waals surface area contributed by atoms with Crippen LogP contribution in [0, 0.1) is 11.8 Å². The fourth-order valence-corrected chi connectivity index (χ4v) is 10.2. The summed E-state index contributed by atoms with van der Waals surface area (Å²) >= 11 is 0. The monoisotopic (exact) mass is 926 g/mol. The van der Waals surface area contributed by atoms with Gasteiger partial charge in [-0.1, -0.05) is 97.0 Å². The maximum absolute atomic E-state index is 13.9. The average Bonchev–Trinajstić information content (AvgIpc) is 4.16. The summed E-state index contributed by atoms with van der Waals surface area (Å²) in [7, 11) is 2.60. The lowest BCUT2D eigenvalue weighted by atomic mass is 9.67. The smallest absolute Gasteiger partial charge is 0.407 e. The van der Waals surface area contributed by atoms with E-state index < -0.39 is 24.3 Å². The molecule has 0 unspecified atom stereocenters. The summed E-state index contributed by atoms with van der Waals surface area (Å²) in [6.07, 6.45) is 5.63. The molecule has 0 aliphatic carbocycles. The lowest BCUT2D eigenvalue weighted by Gasteiger charge is -2.52. The molecule has 8 rings (SSSR count). The van der Waals surface area contributed by atoms with Gasteiger partial charge in [-0.2, -0.15) is 0 Å². The quantitative estimate of drug-likeness (QED) is 0.0900. The van der Waals surface area contributed by atoms with Crippen LogP contribution in [0.15, 0.2) is 85.2 Å². The number of aromatic nitrogens is 4. The Morgan fingerprint density at radius 1 is 0.676 bits per heavy atom. The van der Waals surface area contributed by atoms with Crippen LogP contribution in [-0.2, 0) is 29.9 Å². The fourth-order valence-electron chi connectivity index (χ4n) is 10.2. The van der Waals surface area contributed by atoms with Crippen LogP contribution in [0.25, 0.3) is 22.5 Å². The van der Waals surface area contributed by atoms with E-state index in [0.29, 0.717) is 13.1 Å². The molecule has 360 valence electrons. The number of nitrogens with zero attached hydrogens (tertiary/aromatic N) is 5. The number of anilines is 1. The molecule has 0 saturated carbocycles. The standard InChI is InChI=1S/C53H67N9O6/c1-32(2)44(58-50(65)67-8)48(63)61-24-12-18-42(61)46-54-28-40(56-46)34-14-10-16-37(26-34)53(30-60(31-53)39-22-20-36(21-23-39)52(5,6)7)38-17-11-15-35(27-38)41-29-55-47(57-41)43-19-13-25-62(43)49(64)45(33(3)4)59-51(66)68-9/h10-11,14-17,20-23,26-29,32-33,42-45H,12-13,18-19,24-25,30-31H2,1-9H3,(H,54,56)(H,55,57)(H,58,65)(H,59,66)/t42-,43-,44-,45-/m0/s1. The van der Waals surface area contributed by atoms with Crippen LogP contribution in [0.1, 0.15) is 115 Å². The van der Waals surface area contributed by atoms with Gasteiger partial charge in [0.2, 0.25) is 11.8 Å². The molecule has 4 atom stereocenters. The molecule has 5 aromatic rings. The first-order valence-electron chi connectivity index (χ1n) is 24.0. The molecule has 4 amide bonds. The van der Waals surface area contributed by atoms with E-state index in [1.807, 2.05) is 49.9 Å². The second-order valence-corrected chi connectivity index (χ2v) is 20.4. The molecule has 5 heterocycles. The summed E-state index contributed by atoms with van der Waals surface area (Å²) in [6.45, 7) is 17.0. The number of nitrogens with one attached hydrogen (secondary N) is 4. The van der Waals surface area contributed by atoms with Crippen molar-refractivity contribution in [2.45, 2.75) is 109 Å². The van der Waals surface area contributed by atoms with Gasteiger partial charge >= 0.3 is 12.2 Å². The molecule has 68 heavy (non-hydrogen) atoms. The molecule has 0 radical (unpaired) electrons. The van der Waals surface area contributed by atoms with Crippen molar-refractivity contribution in [2.24, 2.45) is 11.8 Å². The van der Waals surface area contributed by atoms with Crippen LogP contribution < -0.4 is 15.5 Å². The third-order valence-corrected chi connectivity index (χ3v) is 14.1. The molecule has 3 aliphatic heterocycles. The number of alkyl carbamates (subject to hydrolysis) is 2. The van der Waals surface area contributed by atoms with Crippen LogP contribution in [0.2, 0.25) is 0 Å². The van der Waals surface area contributed by atoms with Crippen molar-refractivity contribution >= 4 is 29.7 Å².